The van der Waals surface area contributed by atoms with E-state index in [2.05, 4.69) is 5.32 Å². The zero-order valence-corrected chi connectivity index (χ0v) is 14.8. The van der Waals surface area contributed by atoms with Crippen molar-refractivity contribution < 1.29 is 34.1 Å². The number of ether oxygens (including phenoxy) is 1. The molecule has 1 aromatic carbocycles. The highest BCUT2D eigenvalue weighted by Gasteiger charge is 2.27. The molecule has 0 saturated carbocycles. The topological polar surface area (TPSA) is 130 Å². The lowest BCUT2D eigenvalue weighted by Gasteiger charge is -2.13. The maximum Gasteiger partial charge on any atom is 0.339 e. The van der Waals surface area contributed by atoms with Crippen LogP contribution in [0.5, 0.6) is 0 Å². The molecule has 0 spiro atoms. The van der Waals surface area contributed by atoms with E-state index in [1.54, 1.807) is 6.92 Å². The number of amides is 1. The summed E-state index contributed by atoms with van der Waals surface area (Å²) in [4.78, 5) is 47.3. The number of carboxylic acid groups (broad SMARTS) is 2. The first-order valence-electron chi connectivity index (χ1n) is 8.43. The van der Waals surface area contributed by atoms with Crippen molar-refractivity contribution in [3.8, 4) is 0 Å². The van der Waals surface area contributed by atoms with Crippen molar-refractivity contribution in [2.24, 2.45) is 0 Å². The summed E-state index contributed by atoms with van der Waals surface area (Å²) in [5.74, 6) is -4.64. The van der Waals surface area contributed by atoms with Gasteiger partial charge in [0.15, 0.2) is 0 Å². The minimum absolute atomic E-state index is 0.0890. The average Bonchev–Trinajstić information content (AvgIpc) is 2.60. The van der Waals surface area contributed by atoms with Crippen molar-refractivity contribution >= 4 is 23.8 Å². The number of carbonyl (C=O) groups is 4. The molecule has 142 valence electrons. The van der Waals surface area contributed by atoms with E-state index in [-0.39, 0.29) is 18.7 Å². The fourth-order valence-electron chi connectivity index (χ4n) is 2.36. The minimum atomic E-state index is -1.51. The number of hydrogen-bond acceptors (Lipinski definition) is 5. The van der Waals surface area contributed by atoms with Gasteiger partial charge >= 0.3 is 17.9 Å². The van der Waals surface area contributed by atoms with Gasteiger partial charge in [-0.15, -0.1) is 0 Å². The maximum absolute atomic E-state index is 12.3. The first kappa shape index (κ1) is 21.1. The fraction of sp³-hybridized carbons (Fsp3) is 0.444. The highest BCUT2D eigenvalue weighted by molar-refractivity contribution is 6.12. The van der Waals surface area contributed by atoms with Gasteiger partial charge in [-0.05, 0) is 25.5 Å². The predicted molar refractivity (Wildman–Crippen MR) is 92.8 cm³/mol. The summed E-state index contributed by atoms with van der Waals surface area (Å²) in [7, 11) is 0. The Morgan fingerprint density at radius 3 is 2.15 bits per heavy atom. The van der Waals surface area contributed by atoms with Gasteiger partial charge in [0.25, 0.3) is 5.91 Å². The summed E-state index contributed by atoms with van der Waals surface area (Å²) in [6, 6.07) is 1.86. The van der Waals surface area contributed by atoms with E-state index in [4.69, 9.17) is 4.74 Å². The monoisotopic (exact) mass is 365 g/mol. The molecule has 0 fully saturated rings. The number of esters is 1. The zero-order valence-electron chi connectivity index (χ0n) is 14.8. The zero-order chi connectivity index (χ0) is 19.7. The highest BCUT2D eigenvalue weighted by atomic mass is 16.5. The summed E-state index contributed by atoms with van der Waals surface area (Å²) in [5.41, 5.74) is -1.78. The Kier molecular flexibility index (Phi) is 8.27. The van der Waals surface area contributed by atoms with Crippen LogP contribution in [0.15, 0.2) is 12.1 Å². The van der Waals surface area contributed by atoms with Gasteiger partial charge in [0.2, 0.25) is 0 Å². The van der Waals surface area contributed by atoms with E-state index in [9.17, 15) is 29.4 Å². The minimum Gasteiger partial charge on any atom is -0.478 e. The molecule has 1 aromatic rings. The number of hydrogen-bond donors (Lipinski definition) is 3. The van der Waals surface area contributed by atoms with Crippen LogP contribution >= 0.6 is 0 Å². The van der Waals surface area contributed by atoms with Crippen LogP contribution in [0.25, 0.3) is 0 Å². The van der Waals surface area contributed by atoms with Crippen LogP contribution in [0.4, 0.5) is 0 Å². The highest BCUT2D eigenvalue weighted by Crippen LogP contribution is 2.20. The number of benzene rings is 1. The lowest BCUT2D eigenvalue weighted by atomic mass is 9.96. The van der Waals surface area contributed by atoms with E-state index in [1.165, 1.54) is 0 Å². The van der Waals surface area contributed by atoms with Gasteiger partial charge in [0.05, 0.1) is 28.9 Å². The van der Waals surface area contributed by atoms with Gasteiger partial charge in [-0.1, -0.05) is 26.2 Å². The Balaban J connectivity index is 3.26. The quantitative estimate of drug-likeness (QED) is 0.429. The Hall–Kier alpha value is -2.90. The van der Waals surface area contributed by atoms with Gasteiger partial charge in [0.1, 0.15) is 0 Å². The van der Waals surface area contributed by atoms with Crippen molar-refractivity contribution in [2.75, 3.05) is 13.2 Å². The molecule has 0 aromatic heterocycles. The summed E-state index contributed by atoms with van der Waals surface area (Å²) in [6.45, 7) is 3.97. The molecule has 8 nitrogen and oxygen atoms in total. The van der Waals surface area contributed by atoms with Crippen LogP contribution in [-0.4, -0.2) is 47.2 Å². The number of carbonyl (C=O) groups excluding carboxylic acids is 2. The standard InChI is InChI=1S/C18H23NO7/c1-3-5-6-7-8-26-18(25)13-10-11(16(21)22)9-12(14(13)17(23)24)15(20)19-4-2/h9-10H,3-8H2,1-2H3,(H,19,20)(H,21,22)(H,23,24). The molecule has 3 N–H and O–H groups in total. The number of unbranched alkanes of at least 4 members (excludes halogenated alkanes) is 3. The summed E-state index contributed by atoms with van der Waals surface area (Å²) < 4.78 is 5.07. The fourth-order valence-corrected chi connectivity index (χ4v) is 2.36. The molecule has 8 heteroatoms. The van der Waals surface area contributed by atoms with E-state index in [0.29, 0.717) is 6.42 Å². The first-order chi connectivity index (χ1) is 12.3. The second kappa shape index (κ2) is 10.2. The molecule has 0 aliphatic carbocycles. The van der Waals surface area contributed by atoms with Gasteiger partial charge in [-0.2, -0.15) is 0 Å². The van der Waals surface area contributed by atoms with Crippen molar-refractivity contribution in [1.82, 2.24) is 5.32 Å². The normalized spacial score (nSPS) is 10.2. The number of carboxylic acids is 2. The number of nitrogens with one attached hydrogen (secondary N) is 1. The molecule has 26 heavy (non-hydrogen) atoms. The van der Waals surface area contributed by atoms with Gasteiger partial charge in [-0.25, -0.2) is 14.4 Å². The van der Waals surface area contributed by atoms with Gasteiger partial charge in [0, 0.05) is 6.54 Å². The van der Waals surface area contributed by atoms with Crippen LogP contribution < -0.4 is 5.32 Å². The third-order valence-corrected chi connectivity index (χ3v) is 3.63. The second-order valence-electron chi connectivity index (χ2n) is 5.61. The largest absolute Gasteiger partial charge is 0.478 e. The Bertz CT molecular complexity index is 697. The van der Waals surface area contributed by atoms with Gasteiger partial charge < -0.3 is 20.3 Å². The molecule has 0 aliphatic heterocycles. The second-order valence-corrected chi connectivity index (χ2v) is 5.61. The van der Waals surface area contributed by atoms with Crippen LogP contribution in [0, 0.1) is 0 Å². The van der Waals surface area contributed by atoms with Crippen molar-refractivity contribution in [3.63, 3.8) is 0 Å². The molecule has 1 rings (SSSR count). The molecule has 0 saturated heterocycles. The summed E-state index contributed by atoms with van der Waals surface area (Å²) >= 11 is 0. The molecular weight excluding hydrogens is 342 g/mol. The lowest BCUT2D eigenvalue weighted by Crippen LogP contribution is -2.27. The van der Waals surface area contributed by atoms with E-state index >= 15 is 0 Å². The molecule has 0 bridgehead atoms. The average molecular weight is 365 g/mol. The first-order valence-corrected chi connectivity index (χ1v) is 8.43. The number of rotatable bonds is 10. The van der Waals surface area contributed by atoms with Gasteiger partial charge in [-0.3, -0.25) is 4.79 Å². The van der Waals surface area contributed by atoms with Crippen LogP contribution in [0.1, 0.15) is 81.0 Å². The molecule has 0 radical (unpaired) electrons. The van der Waals surface area contributed by atoms with Crippen LogP contribution in [0.3, 0.4) is 0 Å². The Morgan fingerprint density at radius 1 is 0.962 bits per heavy atom. The number of aromatic carboxylic acids is 2. The molecule has 0 unspecified atom stereocenters. The smallest absolute Gasteiger partial charge is 0.339 e. The van der Waals surface area contributed by atoms with Crippen LogP contribution in [-0.2, 0) is 4.74 Å². The Morgan fingerprint density at radius 2 is 1.62 bits per heavy atom. The molecule has 1 amide bonds. The third-order valence-electron chi connectivity index (χ3n) is 3.63. The van der Waals surface area contributed by atoms with Crippen molar-refractivity contribution in [3.05, 3.63) is 34.4 Å². The van der Waals surface area contributed by atoms with Crippen molar-refractivity contribution in [2.45, 2.75) is 39.5 Å². The van der Waals surface area contributed by atoms with Crippen LogP contribution in [0.2, 0.25) is 0 Å². The predicted octanol–water partition coefficient (Wildman–Crippen LogP) is 2.57. The lowest BCUT2D eigenvalue weighted by molar-refractivity contribution is 0.0487. The van der Waals surface area contributed by atoms with Crippen molar-refractivity contribution in [1.29, 1.82) is 0 Å². The Labute approximate surface area is 151 Å². The third kappa shape index (κ3) is 5.58. The summed E-state index contributed by atoms with van der Waals surface area (Å²) in [5, 5.41) is 21.1. The van der Waals surface area contributed by atoms with E-state index in [0.717, 1.165) is 31.4 Å². The molecule has 0 heterocycles. The van der Waals surface area contributed by atoms with E-state index in [1.807, 2.05) is 6.92 Å². The molecule has 0 atom stereocenters. The molecule has 0 aliphatic rings. The van der Waals surface area contributed by atoms with E-state index < -0.39 is 40.5 Å². The summed E-state index contributed by atoms with van der Waals surface area (Å²) in [6.07, 6.45) is 3.46. The SMILES string of the molecule is CCCCCCOC(=O)c1cc(C(=O)O)cc(C(=O)NCC)c1C(=O)O. The maximum atomic E-state index is 12.3. The molecular formula is C18H23NO7.